The van der Waals surface area contributed by atoms with E-state index < -0.39 is 0 Å². The summed E-state index contributed by atoms with van der Waals surface area (Å²) in [6.45, 7) is 1.53. The van der Waals surface area contributed by atoms with Gasteiger partial charge in [0.1, 0.15) is 6.10 Å². The fraction of sp³-hybridized carbons (Fsp3) is 0.909. The monoisotopic (exact) mass is 182 g/mol. The first kappa shape index (κ1) is 9.04. The molecular formula is C11H18O2. The van der Waals surface area contributed by atoms with Gasteiger partial charge in [-0.1, -0.05) is 12.8 Å². The number of fused-ring (bicyclic) bond motifs is 1. The second-order valence-electron chi connectivity index (χ2n) is 4.43. The van der Waals surface area contributed by atoms with Gasteiger partial charge in [-0.15, -0.1) is 0 Å². The highest BCUT2D eigenvalue weighted by atomic mass is 16.5. The van der Waals surface area contributed by atoms with Crippen molar-refractivity contribution in [2.24, 2.45) is 11.8 Å². The van der Waals surface area contributed by atoms with Crippen molar-refractivity contribution in [3.63, 3.8) is 0 Å². The quantitative estimate of drug-likeness (QED) is 0.582. The maximum absolute atomic E-state index is 10.9. The van der Waals surface area contributed by atoms with Crippen LogP contribution in [0.4, 0.5) is 0 Å². The number of carbonyl (C=O) groups is 1. The molecule has 2 heteroatoms. The van der Waals surface area contributed by atoms with Crippen LogP contribution in [0.2, 0.25) is 0 Å². The number of hydrogen-bond donors (Lipinski definition) is 0. The average Bonchev–Trinajstić information content (AvgIpc) is 2.51. The SMILES string of the molecule is CC(=O)O[C@H]1CCC[C@H]2CCC[C@@H]21. The van der Waals surface area contributed by atoms with Gasteiger partial charge in [0.15, 0.2) is 0 Å². The van der Waals surface area contributed by atoms with Crippen molar-refractivity contribution in [2.45, 2.75) is 51.6 Å². The van der Waals surface area contributed by atoms with Crippen molar-refractivity contribution < 1.29 is 9.53 Å². The van der Waals surface area contributed by atoms with Crippen molar-refractivity contribution in [2.75, 3.05) is 0 Å². The molecule has 0 radical (unpaired) electrons. The van der Waals surface area contributed by atoms with E-state index in [4.69, 9.17) is 4.74 Å². The Morgan fingerprint density at radius 2 is 1.85 bits per heavy atom. The molecule has 0 bridgehead atoms. The molecule has 0 aromatic heterocycles. The summed E-state index contributed by atoms with van der Waals surface area (Å²) in [4.78, 5) is 10.9. The first-order valence-corrected chi connectivity index (χ1v) is 5.44. The molecule has 13 heavy (non-hydrogen) atoms. The largest absolute Gasteiger partial charge is 0.462 e. The summed E-state index contributed by atoms with van der Waals surface area (Å²) in [6.07, 6.45) is 7.94. The lowest BCUT2D eigenvalue weighted by molar-refractivity contribution is -0.151. The van der Waals surface area contributed by atoms with E-state index in [0.29, 0.717) is 5.92 Å². The molecule has 3 atom stereocenters. The minimum Gasteiger partial charge on any atom is -0.462 e. The summed E-state index contributed by atoms with van der Waals surface area (Å²) in [6, 6.07) is 0. The molecule has 2 fully saturated rings. The highest BCUT2D eigenvalue weighted by Crippen LogP contribution is 2.43. The van der Waals surface area contributed by atoms with Gasteiger partial charge in [0, 0.05) is 6.92 Å². The van der Waals surface area contributed by atoms with Gasteiger partial charge < -0.3 is 4.74 Å². The number of ether oxygens (including phenoxy) is 1. The van der Waals surface area contributed by atoms with Crippen LogP contribution in [0.3, 0.4) is 0 Å². The van der Waals surface area contributed by atoms with E-state index >= 15 is 0 Å². The summed E-state index contributed by atoms with van der Waals surface area (Å²) < 4.78 is 5.37. The number of esters is 1. The minimum atomic E-state index is -0.0995. The molecule has 2 saturated carbocycles. The smallest absolute Gasteiger partial charge is 0.302 e. The van der Waals surface area contributed by atoms with Gasteiger partial charge in [0.2, 0.25) is 0 Å². The molecule has 2 nitrogen and oxygen atoms in total. The Kier molecular flexibility index (Phi) is 2.56. The third-order valence-corrected chi connectivity index (χ3v) is 3.58. The highest BCUT2D eigenvalue weighted by Gasteiger charge is 2.37. The van der Waals surface area contributed by atoms with E-state index in [1.54, 1.807) is 0 Å². The van der Waals surface area contributed by atoms with Crippen LogP contribution in [0.5, 0.6) is 0 Å². The average molecular weight is 182 g/mol. The molecule has 0 aliphatic heterocycles. The second kappa shape index (κ2) is 3.69. The van der Waals surface area contributed by atoms with Crippen LogP contribution in [0.15, 0.2) is 0 Å². The molecule has 0 unspecified atom stereocenters. The molecule has 2 aliphatic rings. The maximum atomic E-state index is 10.9. The van der Waals surface area contributed by atoms with Crippen molar-refractivity contribution in [3.05, 3.63) is 0 Å². The fourth-order valence-corrected chi connectivity index (χ4v) is 3.07. The van der Waals surface area contributed by atoms with E-state index in [-0.39, 0.29) is 12.1 Å². The van der Waals surface area contributed by atoms with Gasteiger partial charge >= 0.3 is 5.97 Å². The Hall–Kier alpha value is -0.530. The summed E-state index contributed by atoms with van der Waals surface area (Å²) in [7, 11) is 0. The first-order chi connectivity index (χ1) is 6.27. The predicted molar refractivity (Wildman–Crippen MR) is 50.2 cm³/mol. The summed E-state index contributed by atoms with van der Waals surface area (Å²) in [5.41, 5.74) is 0. The van der Waals surface area contributed by atoms with Crippen molar-refractivity contribution >= 4 is 5.97 Å². The molecule has 0 aromatic rings. The number of carbonyl (C=O) groups excluding carboxylic acids is 1. The van der Waals surface area contributed by atoms with E-state index in [1.807, 2.05) is 0 Å². The van der Waals surface area contributed by atoms with Crippen LogP contribution in [-0.2, 0) is 9.53 Å². The lowest BCUT2D eigenvalue weighted by atomic mass is 9.79. The van der Waals surface area contributed by atoms with Crippen LogP contribution in [0.25, 0.3) is 0 Å². The molecule has 2 rings (SSSR count). The lowest BCUT2D eigenvalue weighted by Crippen LogP contribution is -2.32. The number of rotatable bonds is 1. The molecule has 74 valence electrons. The van der Waals surface area contributed by atoms with Crippen LogP contribution >= 0.6 is 0 Å². The van der Waals surface area contributed by atoms with E-state index in [0.717, 1.165) is 12.3 Å². The molecule has 0 N–H and O–H groups in total. The Morgan fingerprint density at radius 3 is 2.54 bits per heavy atom. The summed E-state index contributed by atoms with van der Waals surface area (Å²) >= 11 is 0. The standard InChI is InChI=1S/C11H18O2/c1-8(12)13-11-7-3-5-9-4-2-6-10(9)11/h9-11H,2-7H2,1H3/t9-,10+,11+/m1/s1. The summed E-state index contributed by atoms with van der Waals surface area (Å²) in [5, 5.41) is 0. The Balaban J connectivity index is 1.97. The van der Waals surface area contributed by atoms with Crippen LogP contribution < -0.4 is 0 Å². The van der Waals surface area contributed by atoms with E-state index in [9.17, 15) is 4.79 Å². The third-order valence-electron chi connectivity index (χ3n) is 3.58. The van der Waals surface area contributed by atoms with Crippen LogP contribution in [0, 0.1) is 11.8 Å². The Bertz CT molecular complexity index is 200. The zero-order chi connectivity index (χ0) is 9.26. The topological polar surface area (TPSA) is 26.3 Å². The molecule has 0 amide bonds. The first-order valence-electron chi connectivity index (χ1n) is 5.44. The van der Waals surface area contributed by atoms with E-state index in [2.05, 4.69) is 0 Å². The third kappa shape index (κ3) is 1.87. The maximum Gasteiger partial charge on any atom is 0.302 e. The summed E-state index contributed by atoms with van der Waals surface area (Å²) in [5.74, 6) is 1.45. The molecule has 2 aliphatic carbocycles. The Morgan fingerprint density at radius 1 is 1.15 bits per heavy atom. The minimum absolute atomic E-state index is 0.0995. The van der Waals surface area contributed by atoms with Gasteiger partial charge in [-0.25, -0.2) is 0 Å². The molecule has 0 heterocycles. The van der Waals surface area contributed by atoms with Gasteiger partial charge in [-0.05, 0) is 37.5 Å². The zero-order valence-electron chi connectivity index (χ0n) is 8.29. The fourth-order valence-electron chi connectivity index (χ4n) is 3.07. The van der Waals surface area contributed by atoms with Gasteiger partial charge in [0.25, 0.3) is 0 Å². The van der Waals surface area contributed by atoms with E-state index in [1.165, 1.54) is 39.0 Å². The molecule has 0 saturated heterocycles. The van der Waals surface area contributed by atoms with Crippen LogP contribution in [-0.4, -0.2) is 12.1 Å². The van der Waals surface area contributed by atoms with Crippen molar-refractivity contribution in [1.82, 2.24) is 0 Å². The highest BCUT2D eigenvalue weighted by molar-refractivity contribution is 5.66. The van der Waals surface area contributed by atoms with Gasteiger partial charge in [-0.2, -0.15) is 0 Å². The van der Waals surface area contributed by atoms with Crippen molar-refractivity contribution in [3.8, 4) is 0 Å². The lowest BCUT2D eigenvalue weighted by Gasteiger charge is -2.32. The van der Waals surface area contributed by atoms with Gasteiger partial charge in [0.05, 0.1) is 0 Å². The Labute approximate surface area is 79.7 Å². The zero-order valence-corrected chi connectivity index (χ0v) is 8.29. The van der Waals surface area contributed by atoms with Crippen molar-refractivity contribution in [1.29, 1.82) is 0 Å². The second-order valence-corrected chi connectivity index (χ2v) is 4.43. The van der Waals surface area contributed by atoms with Gasteiger partial charge in [-0.3, -0.25) is 4.79 Å². The normalized spacial score (nSPS) is 38.4. The molecule has 0 aromatic carbocycles. The predicted octanol–water partition coefficient (Wildman–Crippen LogP) is 2.52. The number of hydrogen-bond acceptors (Lipinski definition) is 2. The molecule has 0 spiro atoms. The van der Waals surface area contributed by atoms with Crippen LogP contribution in [0.1, 0.15) is 45.4 Å². The molecular weight excluding hydrogens is 164 g/mol.